The maximum atomic E-state index is 12.4. The van der Waals surface area contributed by atoms with Gasteiger partial charge in [0.25, 0.3) is 5.91 Å². The van der Waals surface area contributed by atoms with Crippen LogP contribution in [0.25, 0.3) is 0 Å². The van der Waals surface area contributed by atoms with Crippen molar-refractivity contribution in [3.63, 3.8) is 0 Å². The first kappa shape index (κ1) is 18.4. The molecule has 3 rings (SSSR count). The Balaban J connectivity index is 1.42. The molecule has 3 atom stereocenters. The van der Waals surface area contributed by atoms with E-state index in [9.17, 15) is 9.59 Å². The van der Waals surface area contributed by atoms with Gasteiger partial charge in [0.1, 0.15) is 0 Å². The lowest BCUT2D eigenvalue weighted by atomic mass is 10.2. The molecule has 0 N–H and O–H groups in total. The molecule has 0 aliphatic carbocycles. The smallest absolute Gasteiger partial charge is 0.335 e. The van der Waals surface area contributed by atoms with Gasteiger partial charge in [-0.3, -0.25) is 4.79 Å². The number of rotatable bonds is 7. The molecule has 0 radical (unpaired) electrons. The lowest BCUT2D eigenvalue weighted by Crippen LogP contribution is -2.36. The van der Waals surface area contributed by atoms with Crippen molar-refractivity contribution in [3.8, 4) is 0 Å². The lowest BCUT2D eigenvalue weighted by molar-refractivity contribution is -0.162. The Morgan fingerprint density at radius 3 is 3.00 bits per heavy atom. The van der Waals surface area contributed by atoms with Crippen LogP contribution >= 0.6 is 11.3 Å². The van der Waals surface area contributed by atoms with Gasteiger partial charge in [-0.2, -0.15) is 0 Å². The zero-order valence-electron chi connectivity index (χ0n) is 14.5. The Kier molecular flexibility index (Phi) is 6.45. The van der Waals surface area contributed by atoms with E-state index in [0.717, 1.165) is 32.3 Å². The van der Waals surface area contributed by atoms with E-state index in [2.05, 4.69) is 0 Å². The highest BCUT2D eigenvalue weighted by Gasteiger charge is 2.31. The number of likely N-dealkylation sites (tertiary alicyclic amines) is 1. The van der Waals surface area contributed by atoms with Gasteiger partial charge in [-0.15, -0.1) is 11.3 Å². The average Bonchev–Trinajstić information content (AvgIpc) is 3.37. The van der Waals surface area contributed by atoms with E-state index in [4.69, 9.17) is 14.2 Å². The Hall–Kier alpha value is -1.44. The molecule has 3 unspecified atom stereocenters. The van der Waals surface area contributed by atoms with Crippen LogP contribution < -0.4 is 0 Å². The molecule has 1 aromatic heterocycles. The average molecular weight is 367 g/mol. The third-order valence-electron chi connectivity index (χ3n) is 4.67. The first-order valence-electron chi connectivity index (χ1n) is 8.88. The van der Waals surface area contributed by atoms with Gasteiger partial charge >= 0.3 is 5.97 Å². The van der Waals surface area contributed by atoms with E-state index >= 15 is 0 Å². The third kappa shape index (κ3) is 4.80. The molecule has 6 nitrogen and oxygen atoms in total. The highest BCUT2D eigenvalue weighted by atomic mass is 32.1. The number of carbonyl (C=O) groups is 2. The maximum absolute atomic E-state index is 12.4. The monoisotopic (exact) mass is 367 g/mol. The molecule has 0 spiro atoms. The molecule has 2 aliphatic rings. The topological polar surface area (TPSA) is 65.1 Å². The molecule has 0 aromatic carbocycles. The molecule has 0 bridgehead atoms. The van der Waals surface area contributed by atoms with Gasteiger partial charge in [-0.1, -0.05) is 6.07 Å². The zero-order valence-corrected chi connectivity index (χ0v) is 15.3. The zero-order chi connectivity index (χ0) is 17.6. The predicted molar refractivity (Wildman–Crippen MR) is 93.4 cm³/mol. The van der Waals surface area contributed by atoms with Crippen molar-refractivity contribution in [1.29, 1.82) is 0 Å². The van der Waals surface area contributed by atoms with Gasteiger partial charge < -0.3 is 19.1 Å². The molecule has 3 heterocycles. The second-order valence-electron chi connectivity index (χ2n) is 6.48. The lowest BCUT2D eigenvalue weighted by Gasteiger charge is -2.24. The summed E-state index contributed by atoms with van der Waals surface area (Å²) in [5.74, 6) is -0.645. The Morgan fingerprint density at radius 2 is 2.28 bits per heavy atom. The van der Waals surface area contributed by atoms with Crippen molar-refractivity contribution in [2.75, 3.05) is 26.4 Å². The fourth-order valence-corrected chi connectivity index (χ4v) is 4.14. The van der Waals surface area contributed by atoms with E-state index in [1.54, 1.807) is 18.3 Å². The van der Waals surface area contributed by atoms with Crippen molar-refractivity contribution < 1.29 is 23.8 Å². The molecule has 7 heteroatoms. The molecular formula is C18H25NO5S. The van der Waals surface area contributed by atoms with Crippen molar-refractivity contribution in [1.82, 2.24) is 4.90 Å². The molecule has 2 fully saturated rings. The summed E-state index contributed by atoms with van der Waals surface area (Å²) in [6, 6.07) is 4.15. The van der Waals surface area contributed by atoms with Gasteiger partial charge in [0.2, 0.25) is 0 Å². The molecule has 0 saturated carbocycles. The van der Waals surface area contributed by atoms with Crippen LogP contribution in [0.5, 0.6) is 0 Å². The summed E-state index contributed by atoms with van der Waals surface area (Å²) in [6.45, 7) is 3.27. The maximum Gasteiger partial charge on any atom is 0.335 e. The minimum atomic E-state index is -0.691. The summed E-state index contributed by atoms with van der Waals surface area (Å²) in [7, 11) is 0. The molecule has 2 saturated heterocycles. The second kappa shape index (κ2) is 8.78. The van der Waals surface area contributed by atoms with Crippen LogP contribution in [0, 0.1) is 0 Å². The number of amides is 1. The van der Waals surface area contributed by atoms with Crippen LogP contribution in [0.15, 0.2) is 17.5 Å². The van der Waals surface area contributed by atoms with Gasteiger partial charge in [0.15, 0.2) is 12.7 Å². The molecular weight excluding hydrogens is 342 g/mol. The quantitative estimate of drug-likeness (QED) is 0.693. The van der Waals surface area contributed by atoms with Crippen LogP contribution in [-0.2, 0) is 23.8 Å². The SMILES string of the molecule is CC(OCC1CCCO1)C(=O)OCC(=O)N1CCCC1c1cccs1. The van der Waals surface area contributed by atoms with E-state index < -0.39 is 12.1 Å². The van der Waals surface area contributed by atoms with Gasteiger partial charge in [-0.05, 0) is 44.1 Å². The van der Waals surface area contributed by atoms with Crippen LogP contribution in [0.4, 0.5) is 0 Å². The number of hydrogen-bond donors (Lipinski definition) is 0. The summed E-state index contributed by atoms with van der Waals surface area (Å²) >= 11 is 1.66. The van der Waals surface area contributed by atoms with Crippen molar-refractivity contribution >= 4 is 23.2 Å². The van der Waals surface area contributed by atoms with Crippen LogP contribution in [0.2, 0.25) is 0 Å². The van der Waals surface area contributed by atoms with Crippen molar-refractivity contribution in [3.05, 3.63) is 22.4 Å². The summed E-state index contributed by atoms with van der Waals surface area (Å²) in [4.78, 5) is 27.5. The highest BCUT2D eigenvalue weighted by molar-refractivity contribution is 7.10. The summed E-state index contributed by atoms with van der Waals surface area (Å²) in [5, 5.41) is 2.02. The van der Waals surface area contributed by atoms with E-state index in [0.29, 0.717) is 13.2 Å². The van der Waals surface area contributed by atoms with Crippen molar-refractivity contribution in [2.24, 2.45) is 0 Å². The second-order valence-corrected chi connectivity index (χ2v) is 7.46. The molecule has 2 aliphatic heterocycles. The number of carbonyl (C=O) groups excluding carboxylic acids is 2. The van der Waals surface area contributed by atoms with Crippen LogP contribution in [-0.4, -0.2) is 55.3 Å². The Morgan fingerprint density at radius 1 is 1.40 bits per heavy atom. The van der Waals surface area contributed by atoms with Gasteiger partial charge in [0.05, 0.1) is 18.8 Å². The fraction of sp³-hybridized carbons (Fsp3) is 0.667. The standard InChI is InChI=1S/C18H25NO5S/c1-13(23-11-14-5-3-9-22-14)18(21)24-12-17(20)19-8-2-6-15(19)16-7-4-10-25-16/h4,7,10,13-15H,2-3,5-6,8-9,11-12H2,1H3. The van der Waals surface area contributed by atoms with Gasteiger partial charge in [0, 0.05) is 18.0 Å². The largest absolute Gasteiger partial charge is 0.454 e. The van der Waals surface area contributed by atoms with Crippen LogP contribution in [0.3, 0.4) is 0 Å². The first-order chi connectivity index (χ1) is 12.1. The minimum absolute atomic E-state index is 0.0630. The van der Waals surface area contributed by atoms with Crippen LogP contribution in [0.1, 0.15) is 43.5 Å². The highest BCUT2D eigenvalue weighted by Crippen LogP contribution is 2.34. The van der Waals surface area contributed by atoms with E-state index in [-0.39, 0.29) is 24.7 Å². The van der Waals surface area contributed by atoms with E-state index in [1.807, 2.05) is 22.4 Å². The van der Waals surface area contributed by atoms with E-state index in [1.165, 1.54) is 4.88 Å². The number of esters is 1. The number of ether oxygens (including phenoxy) is 3. The first-order valence-corrected chi connectivity index (χ1v) is 9.76. The summed E-state index contributed by atoms with van der Waals surface area (Å²) in [5.41, 5.74) is 0. The molecule has 138 valence electrons. The predicted octanol–water partition coefficient (Wildman–Crippen LogP) is 2.54. The number of hydrogen-bond acceptors (Lipinski definition) is 6. The van der Waals surface area contributed by atoms with Crippen molar-refractivity contribution in [2.45, 2.75) is 50.9 Å². The molecule has 25 heavy (non-hydrogen) atoms. The Bertz CT molecular complexity index is 570. The Labute approximate surface area is 152 Å². The molecule has 1 amide bonds. The number of nitrogens with zero attached hydrogens (tertiary/aromatic N) is 1. The third-order valence-corrected chi connectivity index (χ3v) is 5.64. The minimum Gasteiger partial charge on any atom is -0.454 e. The molecule has 1 aromatic rings. The van der Waals surface area contributed by atoms with Gasteiger partial charge in [-0.25, -0.2) is 4.79 Å². The summed E-state index contributed by atoms with van der Waals surface area (Å²) < 4.78 is 16.1. The number of thiophene rings is 1. The normalized spacial score (nSPS) is 24.4. The summed E-state index contributed by atoms with van der Waals surface area (Å²) in [6.07, 6.45) is 3.29. The fourth-order valence-electron chi connectivity index (χ4n) is 3.27.